The van der Waals surface area contributed by atoms with Gasteiger partial charge in [-0.15, -0.1) is 0 Å². The van der Waals surface area contributed by atoms with Crippen LogP contribution >= 0.6 is 0 Å². The first-order valence-corrected chi connectivity index (χ1v) is 5.64. The number of aromatic nitrogens is 2. The van der Waals surface area contributed by atoms with Crippen LogP contribution in [-0.2, 0) is 17.9 Å². The molecule has 18 heavy (non-hydrogen) atoms. The molecule has 0 aliphatic heterocycles. The lowest BCUT2D eigenvalue weighted by molar-refractivity contribution is 0.185. The van der Waals surface area contributed by atoms with Gasteiger partial charge in [-0.3, -0.25) is 4.79 Å². The van der Waals surface area contributed by atoms with Gasteiger partial charge in [-0.2, -0.15) is 0 Å². The predicted octanol–water partition coefficient (Wildman–Crippen LogP) is 1.53. The Hall–Kier alpha value is -2.14. The van der Waals surface area contributed by atoms with Crippen LogP contribution in [0.1, 0.15) is 11.1 Å². The molecule has 5 heteroatoms. The summed E-state index contributed by atoms with van der Waals surface area (Å²) in [6.07, 6.45) is 3.05. The second-order valence-electron chi connectivity index (χ2n) is 3.87. The molecule has 0 saturated carbocycles. The van der Waals surface area contributed by atoms with Crippen molar-refractivity contribution in [2.45, 2.75) is 13.2 Å². The summed E-state index contributed by atoms with van der Waals surface area (Å²) < 4.78 is 5.08. The number of H-pyrrole nitrogens is 1. The van der Waals surface area contributed by atoms with Gasteiger partial charge < -0.3 is 15.0 Å². The van der Waals surface area contributed by atoms with Gasteiger partial charge in [0.05, 0.1) is 6.61 Å². The smallest absolute Gasteiger partial charge is 0.290 e. The fraction of sp³-hybridized carbons (Fsp3) is 0.231. The van der Waals surface area contributed by atoms with Crippen molar-refractivity contribution in [1.29, 1.82) is 0 Å². The van der Waals surface area contributed by atoms with Gasteiger partial charge in [0.2, 0.25) is 0 Å². The Labute approximate surface area is 105 Å². The average Bonchev–Trinajstić information content (AvgIpc) is 2.39. The van der Waals surface area contributed by atoms with E-state index in [0.29, 0.717) is 19.0 Å². The molecule has 0 atom stereocenters. The molecule has 5 nitrogen and oxygen atoms in total. The molecule has 0 bridgehead atoms. The van der Waals surface area contributed by atoms with E-state index in [2.05, 4.69) is 15.3 Å². The van der Waals surface area contributed by atoms with Gasteiger partial charge in [-0.05, 0) is 11.1 Å². The van der Waals surface area contributed by atoms with E-state index in [1.54, 1.807) is 13.3 Å². The Balaban J connectivity index is 2.04. The van der Waals surface area contributed by atoms with E-state index < -0.39 is 0 Å². The summed E-state index contributed by atoms with van der Waals surface area (Å²) in [6, 6.07) is 7.99. The standard InChI is InChI=1S/C13H15N3O2/c1-18-9-11-4-2-3-10(7-11)8-16-12-13(17)15-6-5-14-12/h2-7H,8-9H2,1H3,(H,14,16)(H,15,17). The fourth-order valence-electron chi connectivity index (χ4n) is 1.66. The highest BCUT2D eigenvalue weighted by Gasteiger charge is 2.00. The van der Waals surface area contributed by atoms with Crippen LogP contribution in [0.4, 0.5) is 5.82 Å². The van der Waals surface area contributed by atoms with Gasteiger partial charge in [0.25, 0.3) is 5.56 Å². The SMILES string of the molecule is COCc1cccc(CNc2ncc[nH]c2=O)c1. The molecular weight excluding hydrogens is 230 g/mol. The van der Waals surface area contributed by atoms with Crippen molar-refractivity contribution in [1.82, 2.24) is 9.97 Å². The number of hydrogen-bond acceptors (Lipinski definition) is 4. The maximum atomic E-state index is 11.4. The minimum absolute atomic E-state index is 0.217. The molecule has 0 radical (unpaired) electrons. The van der Waals surface area contributed by atoms with E-state index in [1.807, 2.05) is 24.3 Å². The Kier molecular flexibility index (Phi) is 4.09. The lowest BCUT2D eigenvalue weighted by atomic mass is 10.1. The highest BCUT2D eigenvalue weighted by Crippen LogP contribution is 2.07. The molecule has 0 amide bonds. The molecule has 1 aromatic carbocycles. The first-order valence-electron chi connectivity index (χ1n) is 5.64. The molecule has 0 aliphatic rings. The summed E-state index contributed by atoms with van der Waals surface area (Å²) in [7, 11) is 1.67. The molecule has 1 aromatic heterocycles. The van der Waals surface area contributed by atoms with Gasteiger partial charge in [-0.1, -0.05) is 24.3 Å². The first kappa shape index (κ1) is 12.3. The number of methoxy groups -OCH3 is 1. The van der Waals surface area contributed by atoms with E-state index in [1.165, 1.54) is 6.20 Å². The Morgan fingerprint density at radius 3 is 3.00 bits per heavy atom. The van der Waals surface area contributed by atoms with Crippen molar-refractivity contribution in [2.24, 2.45) is 0 Å². The summed E-state index contributed by atoms with van der Waals surface area (Å²) >= 11 is 0. The van der Waals surface area contributed by atoms with Crippen molar-refractivity contribution in [3.63, 3.8) is 0 Å². The summed E-state index contributed by atoms with van der Waals surface area (Å²) in [5, 5.41) is 3.00. The van der Waals surface area contributed by atoms with Crippen molar-refractivity contribution in [3.8, 4) is 0 Å². The molecule has 0 spiro atoms. The summed E-state index contributed by atoms with van der Waals surface area (Å²) in [6.45, 7) is 1.13. The minimum atomic E-state index is -0.217. The number of hydrogen-bond donors (Lipinski definition) is 2. The molecule has 0 saturated heterocycles. The zero-order valence-corrected chi connectivity index (χ0v) is 10.1. The molecule has 1 heterocycles. The van der Waals surface area contributed by atoms with Crippen LogP contribution in [0, 0.1) is 0 Å². The number of benzene rings is 1. The maximum Gasteiger partial charge on any atom is 0.290 e. The molecule has 0 unspecified atom stereocenters. The lowest BCUT2D eigenvalue weighted by Crippen LogP contribution is -2.15. The number of nitrogens with zero attached hydrogens (tertiary/aromatic N) is 1. The second kappa shape index (κ2) is 5.97. The van der Waals surface area contributed by atoms with Gasteiger partial charge in [0.15, 0.2) is 5.82 Å². The fourth-order valence-corrected chi connectivity index (χ4v) is 1.66. The van der Waals surface area contributed by atoms with Crippen molar-refractivity contribution in [2.75, 3.05) is 12.4 Å². The first-order chi connectivity index (χ1) is 8.79. The number of rotatable bonds is 5. The Morgan fingerprint density at radius 2 is 2.22 bits per heavy atom. The van der Waals surface area contributed by atoms with Crippen LogP contribution in [0.15, 0.2) is 41.5 Å². The van der Waals surface area contributed by atoms with Crippen LogP contribution in [-0.4, -0.2) is 17.1 Å². The highest BCUT2D eigenvalue weighted by atomic mass is 16.5. The highest BCUT2D eigenvalue weighted by molar-refractivity contribution is 5.33. The van der Waals surface area contributed by atoms with E-state index >= 15 is 0 Å². The zero-order valence-electron chi connectivity index (χ0n) is 10.1. The predicted molar refractivity (Wildman–Crippen MR) is 69.3 cm³/mol. The van der Waals surface area contributed by atoms with Crippen LogP contribution in [0.25, 0.3) is 0 Å². The summed E-state index contributed by atoms with van der Waals surface area (Å²) in [5.41, 5.74) is 1.96. The number of nitrogens with one attached hydrogen (secondary N) is 2. The molecule has 2 N–H and O–H groups in total. The zero-order chi connectivity index (χ0) is 12.8. The number of ether oxygens (including phenoxy) is 1. The maximum absolute atomic E-state index is 11.4. The third-order valence-electron chi connectivity index (χ3n) is 2.47. The largest absolute Gasteiger partial charge is 0.380 e. The molecule has 2 rings (SSSR count). The number of aromatic amines is 1. The van der Waals surface area contributed by atoms with E-state index in [0.717, 1.165) is 11.1 Å². The third-order valence-corrected chi connectivity index (χ3v) is 2.47. The van der Waals surface area contributed by atoms with Gasteiger partial charge in [0, 0.05) is 26.0 Å². The van der Waals surface area contributed by atoms with Gasteiger partial charge in [-0.25, -0.2) is 4.98 Å². The third kappa shape index (κ3) is 3.18. The van der Waals surface area contributed by atoms with Crippen LogP contribution in [0.3, 0.4) is 0 Å². The molecule has 0 aliphatic carbocycles. The molecule has 94 valence electrons. The van der Waals surface area contributed by atoms with Crippen LogP contribution in [0.2, 0.25) is 0 Å². The minimum Gasteiger partial charge on any atom is -0.380 e. The van der Waals surface area contributed by atoms with Gasteiger partial charge in [0.1, 0.15) is 0 Å². The van der Waals surface area contributed by atoms with Crippen molar-refractivity contribution in [3.05, 3.63) is 58.1 Å². The summed E-state index contributed by atoms with van der Waals surface area (Å²) in [4.78, 5) is 17.9. The average molecular weight is 245 g/mol. The quantitative estimate of drug-likeness (QED) is 0.838. The monoisotopic (exact) mass is 245 g/mol. The normalized spacial score (nSPS) is 10.3. The molecule has 0 fully saturated rings. The van der Waals surface area contributed by atoms with Crippen molar-refractivity contribution < 1.29 is 4.74 Å². The second-order valence-corrected chi connectivity index (χ2v) is 3.87. The summed E-state index contributed by atoms with van der Waals surface area (Å²) in [5.74, 6) is 0.328. The number of anilines is 1. The van der Waals surface area contributed by atoms with Crippen LogP contribution < -0.4 is 10.9 Å². The van der Waals surface area contributed by atoms with Crippen LogP contribution in [0.5, 0.6) is 0 Å². The Bertz CT molecular complexity index is 566. The van der Waals surface area contributed by atoms with Crippen molar-refractivity contribution >= 4 is 5.82 Å². The van der Waals surface area contributed by atoms with E-state index in [4.69, 9.17) is 4.74 Å². The van der Waals surface area contributed by atoms with Gasteiger partial charge >= 0.3 is 0 Å². The van der Waals surface area contributed by atoms with E-state index in [9.17, 15) is 4.79 Å². The lowest BCUT2D eigenvalue weighted by Gasteiger charge is -2.06. The molecule has 2 aromatic rings. The van der Waals surface area contributed by atoms with E-state index in [-0.39, 0.29) is 5.56 Å². The Morgan fingerprint density at radius 1 is 1.39 bits per heavy atom. The topological polar surface area (TPSA) is 67.0 Å². The molecular formula is C13H15N3O2.